The Morgan fingerprint density at radius 1 is 1.21 bits per heavy atom. The van der Waals surface area contributed by atoms with Crippen molar-refractivity contribution in [2.24, 2.45) is 0 Å². The van der Waals surface area contributed by atoms with Crippen LogP contribution in [0.25, 0.3) is 6.08 Å². The molecule has 1 saturated heterocycles. The highest BCUT2D eigenvalue weighted by Gasteiger charge is 2.30. The summed E-state index contributed by atoms with van der Waals surface area (Å²) in [6.45, 7) is 6.32. The van der Waals surface area contributed by atoms with Gasteiger partial charge in [-0.3, -0.25) is 4.98 Å². The van der Waals surface area contributed by atoms with E-state index in [-0.39, 0.29) is 17.9 Å². The Hall–Kier alpha value is -3.02. The molecule has 0 radical (unpaired) electrons. The molecule has 1 aliphatic rings. The number of likely N-dealkylation sites (tertiary alicyclic amines) is 1. The zero-order chi connectivity index (χ0) is 20.1. The van der Waals surface area contributed by atoms with E-state index in [4.69, 9.17) is 9.47 Å². The number of pyridine rings is 1. The van der Waals surface area contributed by atoms with Crippen LogP contribution < -0.4 is 4.74 Å². The molecule has 1 fully saturated rings. The van der Waals surface area contributed by atoms with Crippen LogP contribution in [0.2, 0.25) is 0 Å². The zero-order valence-electron chi connectivity index (χ0n) is 16.5. The van der Waals surface area contributed by atoms with Gasteiger partial charge in [0.25, 0.3) is 0 Å². The summed E-state index contributed by atoms with van der Waals surface area (Å²) in [5.74, 6) is 1.41. The molecule has 2 aromatic rings. The lowest BCUT2D eigenvalue weighted by molar-refractivity contribution is 0.0256. The van der Waals surface area contributed by atoms with Crippen LogP contribution in [0.5, 0.6) is 17.2 Å². The van der Waals surface area contributed by atoms with E-state index in [0.717, 1.165) is 18.4 Å². The number of phenolic OH excluding ortho intramolecular Hbond substituents is 1. The van der Waals surface area contributed by atoms with E-state index in [0.29, 0.717) is 18.0 Å². The topological polar surface area (TPSA) is 71.9 Å². The Labute approximate surface area is 165 Å². The highest BCUT2D eigenvalue weighted by atomic mass is 16.6. The SMILES string of the molecule is CC(C)(C)OC(=O)N1CCCC1C=Cc1cncc(Oc2ccc(O)cc2)c1. The average molecular weight is 382 g/mol. The van der Waals surface area contributed by atoms with E-state index in [1.165, 1.54) is 0 Å². The lowest BCUT2D eigenvalue weighted by Crippen LogP contribution is -2.39. The number of amides is 1. The lowest BCUT2D eigenvalue weighted by atomic mass is 10.1. The third kappa shape index (κ3) is 5.49. The summed E-state index contributed by atoms with van der Waals surface area (Å²) < 4.78 is 11.3. The van der Waals surface area contributed by atoms with Gasteiger partial charge in [0, 0.05) is 12.7 Å². The van der Waals surface area contributed by atoms with E-state index >= 15 is 0 Å². The summed E-state index contributed by atoms with van der Waals surface area (Å²) in [5.41, 5.74) is 0.380. The summed E-state index contributed by atoms with van der Waals surface area (Å²) in [5, 5.41) is 9.35. The molecule has 3 rings (SSSR count). The van der Waals surface area contributed by atoms with Gasteiger partial charge in [-0.1, -0.05) is 12.2 Å². The number of aromatic nitrogens is 1. The van der Waals surface area contributed by atoms with Crippen molar-refractivity contribution >= 4 is 12.2 Å². The highest BCUT2D eigenvalue weighted by molar-refractivity contribution is 5.69. The lowest BCUT2D eigenvalue weighted by Gasteiger charge is -2.27. The van der Waals surface area contributed by atoms with Crippen molar-refractivity contribution in [3.63, 3.8) is 0 Å². The molecule has 1 N–H and O–H groups in total. The van der Waals surface area contributed by atoms with E-state index in [1.54, 1.807) is 41.6 Å². The largest absolute Gasteiger partial charge is 0.508 e. The standard InChI is InChI=1S/C22H26N2O4/c1-22(2,3)28-21(26)24-12-4-5-17(24)7-6-16-13-20(15-23-14-16)27-19-10-8-18(25)9-11-19/h6-11,13-15,17,25H,4-5,12H2,1-3H3. The highest BCUT2D eigenvalue weighted by Crippen LogP contribution is 2.25. The predicted molar refractivity (Wildman–Crippen MR) is 107 cm³/mol. The number of ether oxygens (including phenoxy) is 2. The minimum Gasteiger partial charge on any atom is -0.508 e. The van der Waals surface area contributed by atoms with Crippen LogP contribution in [0.15, 0.2) is 48.8 Å². The van der Waals surface area contributed by atoms with Crippen LogP contribution in [0.4, 0.5) is 4.79 Å². The molecular formula is C22H26N2O4. The molecule has 2 heterocycles. The van der Waals surface area contributed by atoms with Gasteiger partial charge in [0.2, 0.25) is 0 Å². The van der Waals surface area contributed by atoms with Crippen molar-refractivity contribution in [3.05, 3.63) is 54.4 Å². The second-order valence-electron chi connectivity index (χ2n) is 7.79. The van der Waals surface area contributed by atoms with Crippen LogP contribution in [0, 0.1) is 0 Å². The summed E-state index contributed by atoms with van der Waals surface area (Å²) >= 11 is 0. The quantitative estimate of drug-likeness (QED) is 0.806. The zero-order valence-corrected chi connectivity index (χ0v) is 16.5. The number of carbonyl (C=O) groups is 1. The molecule has 1 amide bonds. The molecule has 0 saturated carbocycles. The van der Waals surface area contributed by atoms with Crippen LogP contribution in [-0.4, -0.2) is 39.3 Å². The smallest absolute Gasteiger partial charge is 0.410 e. The fraction of sp³-hybridized carbons (Fsp3) is 0.364. The molecule has 1 aromatic carbocycles. The number of aromatic hydroxyl groups is 1. The Bertz CT molecular complexity index is 840. The van der Waals surface area contributed by atoms with Crippen molar-refractivity contribution < 1.29 is 19.4 Å². The molecule has 1 aliphatic heterocycles. The number of nitrogens with zero attached hydrogens (tertiary/aromatic N) is 2. The van der Waals surface area contributed by atoms with Crippen LogP contribution in [-0.2, 0) is 4.74 Å². The van der Waals surface area contributed by atoms with Crippen molar-refractivity contribution in [3.8, 4) is 17.2 Å². The Morgan fingerprint density at radius 2 is 1.96 bits per heavy atom. The van der Waals surface area contributed by atoms with E-state index < -0.39 is 5.60 Å². The maximum atomic E-state index is 12.4. The molecule has 6 heteroatoms. The summed E-state index contributed by atoms with van der Waals surface area (Å²) in [6, 6.07) is 8.40. The fourth-order valence-electron chi connectivity index (χ4n) is 2.99. The number of rotatable bonds is 4. The van der Waals surface area contributed by atoms with Gasteiger partial charge in [-0.05, 0) is 69.5 Å². The van der Waals surface area contributed by atoms with E-state index in [9.17, 15) is 9.90 Å². The first-order chi connectivity index (χ1) is 13.3. The minimum absolute atomic E-state index is 0.0107. The number of phenols is 1. The van der Waals surface area contributed by atoms with Gasteiger partial charge in [0.1, 0.15) is 22.8 Å². The van der Waals surface area contributed by atoms with Gasteiger partial charge in [0.15, 0.2) is 0 Å². The van der Waals surface area contributed by atoms with Gasteiger partial charge >= 0.3 is 6.09 Å². The molecule has 1 aromatic heterocycles. The predicted octanol–water partition coefficient (Wildman–Crippen LogP) is 4.99. The average Bonchev–Trinajstić information content (AvgIpc) is 3.10. The first-order valence-corrected chi connectivity index (χ1v) is 9.40. The van der Waals surface area contributed by atoms with Crippen LogP contribution >= 0.6 is 0 Å². The number of hydrogen-bond acceptors (Lipinski definition) is 5. The minimum atomic E-state index is -0.502. The van der Waals surface area contributed by atoms with Gasteiger partial charge < -0.3 is 19.5 Å². The summed E-state index contributed by atoms with van der Waals surface area (Å²) in [4.78, 5) is 18.4. The first-order valence-electron chi connectivity index (χ1n) is 9.40. The first kappa shape index (κ1) is 19.7. The van der Waals surface area contributed by atoms with Crippen LogP contribution in [0.1, 0.15) is 39.2 Å². The molecule has 0 spiro atoms. The van der Waals surface area contributed by atoms with Crippen molar-refractivity contribution in [2.75, 3.05) is 6.54 Å². The molecule has 28 heavy (non-hydrogen) atoms. The maximum absolute atomic E-state index is 12.4. The Morgan fingerprint density at radius 3 is 2.68 bits per heavy atom. The van der Waals surface area contributed by atoms with Crippen molar-refractivity contribution in [1.82, 2.24) is 9.88 Å². The third-order valence-corrected chi connectivity index (χ3v) is 4.24. The number of carbonyl (C=O) groups excluding carboxylic acids is 1. The fourth-order valence-corrected chi connectivity index (χ4v) is 2.99. The molecule has 148 valence electrons. The number of benzene rings is 1. The van der Waals surface area contributed by atoms with E-state index in [2.05, 4.69) is 4.98 Å². The van der Waals surface area contributed by atoms with Crippen molar-refractivity contribution in [1.29, 1.82) is 0 Å². The molecule has 0 aliphatic carbocycles. The third-order valence-electron chi connectivity index (χ3n) is 4.24. The monoisotopic (exact) mass is 382 g/mol. The van der Waals surface area contributed by atoms with Gasteiger partial charge in [-0.2, -0.15) is 0 Å². The molecule has 1 unspecified atom stereocenters. The molecule has 6 nitrogen and oxygen atoms in total. The summed E-state index contributed by atoms with van der Waals surface area (Å²) in [6.07, 6.45) is 8.92. The maximum Gasteiger partial charge on any atom is 0.410 e. The van der Waals surface area contributed by atoms with E-state index in [1.807, 2.05) is 39.0 Å². The Balaban J connectivity index is 1.66. The summed E-state index contributed by atoms with van der Waals surface area (Å²) in [7, 11) is 0. The van der Waals surface area contributed by atoms with Gasteiger partial charge in [-0.25, -0.2) is 4.79 Å². The second-order valence-corrected chi connectivity index (χ2v) is 7.79. The molecule has 0 bridgehead atoms. The second kappa shape index (κ2) is 8.33. The van der Waals surface area contributed by atoms with Gasteiger partial charge in [0.05, 0.1) is 12.2 Å². The van der Waals surface area contributed by atoms with Crippen molar-refractivity contribution in [2.45, 2.75) is 45.3 Å². The van der Waals surface area contributed by atoms with Gasteiger partial charge in [-0.15, -0.1) is 0 Å². The molecule has 1 atom stereocenters. The number of hydrogen-bond donors (Lipinski definition) is 1. The Kier molecular flexibility index (Phi) is 5.87. The van der Waals surface area contributed by atoms with Crippen LogP contribution in [0.3, 0.4) is 0 Å². The normalized spacial score (nSPS) is 17.1. The molecular weight excluding hydrogens is 356 g/mol.